The Labute approximate surface area is 101 Å². The van der Waals surface area contributed by atoms with Gasteiger partial charge >= 0.3 is 0 Å². The minimum Gasteiger partial charge on any atom is -0.457 e. The number of aliphatic hydroxyl groups is 1. The number of hydrogen-bond acceptors (Lipinski definition) is 2. The Bertz CT molecular complexity index is 487. The summed E-state index contributed by atoms with van der Waals surface area (Å²) in [6.07, 6.45) is -0.442. The van der Waals surface area contributed by atoms with E-state index in [9.17, 15) is 5.11 Å². The molecule has 0 unspecified atom stereocenters. The van der Waals surface area contributed by atoms with E-state index in [0.717, 1.165) is 17.1 Å². The summed E-state index contributed by atoms with van der Waals surface area (Å²) in [7, 11) is 0. The average molecular weight is 228 g/mol. The van der Waals surface area contributed by atoms with Crippen LogP contribution in [-0.4, -0.2) is 5.11 Å². The molecule has 2 aromatic rings. The van der Waals surface area contributed by atoms with Gasteiger partial charge in [0.15, 0.2) is 0 Å². The van der Waals surface area contributed by atoms with E-state index in [1.54, 1.807) is 6.92 Å². The molecule has 0 aliphatic heterocycles. The lowest BCUT2D eigenvalue weighted by molar-refractivity contribution is 0.199. The Balaban J connectivity index is 2.14. The van der Waals surface area contributed by atoms with Crippen LogP contribution in [0.1, 0.15) is 24.2 Å². The smallest absolute Gasteiger partial charge is 0.127 e. The molecule has 0 fully saturated rings. The highest BCUT2D eigenvalue weighted by Gasteiger charge is 2.01. The zero-order valence-corrected chi connectivity index (χ0v) is 10.1. The van der Waals surface area contributed by atoms with Crippen molar-refractivity contribution >= 4 is 0 Å². The summed E-state index contributed by atoms with van der Waals surface area (Å²) in [6.45, 7) is 3.78. The van der Waals surface area contributed by atoms with Gasteiger partial charge in [0.1, 0.15) is 11.5 Å². The van der Waals surface area contributed by atoms with Crippen molar-refractivity contribution in [2.24, 2.45) is 0 Å². The van der Waals surface area contributed by atoms with Gasteiger partial charge < -0.3 is 9.84 Å². The minimum atomic E-state index is -0.442. The van der Waals surface area contributed by atoms with E-state index in [1.807, 2.05) is 55.5 Å². The molecule has 0 radical (unpaired) electrons. The molecule has 1 atom stereocenters. The first-order valence-electron chi connectivity index (χ1n) is 5.68. The molecule has 0 heterocycles. The number of hydrogen-bond donors (Lipinski definition) is 1. The van der Waals surface area contributed by atoms with Gasteiger partial charge in [-0.1, -0.05) is 24.3 Å². The average Bonchev–Trinajstić information content (AvgIpc) is 2.29. The maximum Gasteiger partial charge on any atom is 0.127 e. The van der Waals surface area contributed by atoms with Gasteiger partial charge in [-0.15, -0.1) is 0 Å². The van der Waals surface area contributed by atoms with Crippen molar-refractivity contribution in [3.05, 3.63) is 59.7 Å². The van der Waals surface area contributed by atoms with E-state index in [2.05, 4.69) is 0 Å². The second-order valence-electron chi connectivity index (χ2n) is 4.16. The monoisotopic (exact) mass is 228 g/mol. The first-order valence-corrected chi connectivity index (χ1v) is 5.68. The molecule has 17 heavy (non-hydrogen) atoms. The SMILES string of the molecule is Cc1cccc(Oc2ccc([C@H](C)O)cc2)c1. The first-order chi connectivity index (χ1) is 8.15. The number of ether oxygens (including phenoxy) is 1. The Morgan fingerprint density at radius 1 is 1.00 bits per heavy atom. The Hall–Kier alpha value is -1.80. The van der Waals surface area contributed by atoms with Crippen LogP contribution >= 0.6 is 0 Å². The van der Waals surface area contributed by atoms with Crippen molar-refractivity contribution in [2.75, 3.05) is 0 Å². The minimum absolute atomic E-state index is 0.442. The van der Waals surface area contributed by atoms with E-state index in [4.69, 9.17) is 4.74 Å². The highest BCUT2D eigenvalue weighted by atomic mass is 16.5. The van der Waals surface area contributed by atoms with Crippen molar-refractivity contribution in [1.82, 2.24) is 0 Å². The van der Waals surface area contributed by atoms with E-state index in [1.165, 1.54) is 5.56 Å². The maximum atomic E-state index is 9.40. The van der Waals surface area contributed by atoms with E-state index in [0.29, 0.717) is 0 Å². The van der Waals surface area contributed by atoms with Crippen molar-refractivity contribution in [3.8, 4) is 11.5 Å². The van der Waals surface area contributed by atoms with Crippen LogP contribution in [0.2, 0.25) is 0 Å². The van der Waals surface area contributed by atoms with E-state index >= 15 is 0 Å². The predicted molar refractivity (Wildman–Crippen MR) is 68.3 cm³/mol. The van der Waals surface area contributed by atoms with Crippen LogP contribution in [0.15, 0.2) is 48.5 Å². The van der Waals surface area contributed by atoms with Gasteiger partial charge in [0.05, 0.1) is 6.10 Å². The maximum absolute atomic E-state index is 9.40. The highest BCUT2D eigenvalue weighted by Crippen LogP contribution is 2.23. The third kappa shape index (κ3) is 3.08. The summed E-state index contributed by atoms with van der Waals surface area (Å²) in [5, 5.41) is 9.40. The van der Waals surface area contributed by atoms with Crippen LogP contribution in [0.5, 0.6) is 11.5 Å². The lowest BCUT2D eigenvalue weighted by atomic mass is 10.1. The highest BCUT2D eigenvalue weighted by molar-refractivity contribution is 5.35. The van der Waals surface area contributed by atoms with Gasteiger partial charge in [-0.3, -0.25) is 0 Å². The first kappa shape index (κ1) is 11.7. The number of rotatable bonds is 3. The van der Waals surface area contributed by atoms with Crippen molar-refractivity contribution in [1.29, 1.82) is 0 Å². The Morgan fingerprint density at radius 2 is 1.71 bits per heavy atom. The van der Waals surface area contributed by atoms with Gasteiger partial charge in [0.25, 0.3) is 0 Å². The molecule has 2 aromatic carbocycles. The zero-order valence-electron chi connectivity index (χ0n) is 10.1. The lowest BCUT2D eigenvalue weighted by Gasteiger charge is -2.08. The van der Waals surface area contributed by atoms with Gasteiger partial charge in [0.2, 0.25) is 0 Å². The number of aryl methyl sites for hydroxylation is 1. The lowest BCUT2D eigenvalue weighted by Crippen LogP contribution is -1.90. The fourth-order valence-corrected chi connectivity index (χ4v) is 1.63. The fourth-order valence-electron chi connectivity index (χ4n) is 1.63. The predicted octanol–water partition coefficient (Wildman–Crippen LogP) is 3.84. The fraction of sp³-hybridized carbons (Fsp3) is 0.200. The normalized spacial score (nSPS) is 12.2. The Morgan fingerprint density at radius 3 is 2.29 bits per heavy atom. The molecular formula is C15H16O2. The third-order valence-corrected chi connectivity index (χ3v) is 2.59. The van der Waals surface area contributed by atoms with Gasteiger partial charge in [-0.25, -0.2) is 0 Å². The molecule has 2 heteroatoms. The molecule has 0 saturated carbocycles. The van der Waals surface area contributed by atoms with Crippen LogP contribution in [0.25, 0.3) is 0 Å². The molecule has 0 aromatic heterocycles. The summed E-state index contributed by atoms with van der Waals surface area (Å²) >= 11 is 0. The summed E-state index contributed by atoms with van der Waals surface area (Å²) in [4.78, 5) is 0. The van der Waals surface area contributed by atoms with Crippen molar-refractivity contribution in [2.45, 2.75) is 20.0 Å². The third-order valence-electron chi connectivity index (χ3n) is 2.59. The molecule has 0 bridgehead atoms. The molecule has 1 N–H and O–H groups in total. The van der Waals surface area contributed by atoms with Crippen LogP contribution in [-0.2, 0) is 0 Å². The van der Waals surface area contributed by atoms with Gasteiger partial charge in [0, 0.05) is 0 Å². The van der Waals surface area contributed by atoms with E-state index < -0.39 is 6.10 Å². The molecule has 0 aliphatic rings. The quantitative estimate of drug-likeness (QED) is 0.864. The largest absolute Gasteiger partial charge is 0.457 e. The van der Waals surface area contributed by atoms with Crippen LogP contribution in [0.3, 0.4) is 0 Å². The molecular weight excluding hydrogens is 212 g/mol. The molecule has 2 nitrogen and oxygen atoms in total. The second kappa shape index (κ2) is 5.02. The van der Waals surface area contributed by atoms with Gasteiger partial charge in [-0.2, -0.15) is 0 Å². The molecule has 2 rings (SSSR count). The topological polar surface area (TPSA) is 29.5 Å². The van der Waals surface area contributed by atoms with Crippen LogP contribution in [0, 0.1) is 6.92 Å². The molecule has 0 amide bonds. The number of aliphatic hydroxyl groups excluding tert-OH is 1. The summed E-state index contributed by atoms with van der Waals surface area (Å²) < 4.78 is 5.71. The molecule has 88 valence electrons. The van der Waals surface area contributed by atoms with Crippen molar-refractivity contribution < 1.29 is 9.84 Å². The number of benzene rings is 2. The standard InChI is InChI=1S/C15H16O2/c1-11-4-3-5-15(10-11)17-14-8-6-13(7-9-14)12(2)16/h3-10,12,16H,1-2H3/t12-/m0/s1. The van der Waals surface area contributed by atoms with Crippen LogP contribution < -0.4 is 4.74 Å². The molecule has 0 saturated heterocycles. The summed E-state index contributed by atoms with van der Waals surface area (Å²) in [6, 6.07) is 15.4. The van der Waals surface area contributed by atoms with E-state index in [-0.39, 0.29) is 0 Å². The van der Waals surface area contributed by atoms with Crippen molar-refractivity contribution in [3.63, 3.8) is 0 Å². The van der Waals surface area contributed by atoms with Gasteiger partial charge in [-0.05, 0) is 49.2 Å². The summed E-state index contributed by atoms with van der Waals surface area (Å²) in [5.41, 5.74) is 2.06. The van der Waals surface area contributed by atoms with Crippen LogP contribution in [0.4, 0.5) is 0 Å². The molecule has 0 spiro atoms. The summed E-state index contributed by atoms with van der Waals surface area (Å²) in [5.74, 6) is 1.61. The molecule has 0 aliphatic carbocycles. The zero-order chi connectivity index (χ0) is 12.3. The second-order valence-corrected chi connectivity index (χ2v) is 4.16. The Kier molecular flexibility index (Phi) is 3.45.